The molecule has 0 bridgehead atoms. The van der Waals surface area contributed by atoms with Crippen molar-refractivity contribution in [1.82, 2.24) is 0 Å². The summed E-state index contributed by atoms with van der Waals surface area (Å²) in [5, 5.41) is 0.509. The van der Waals surface area contributed by atoms with E-state index in [1.54, 1.807) is 24.3 Å². The third-order valence-corrected chi connectivity index (χ3v) is 9.44. The summed E-state index contributed by atoms with van der Waals surface area (Å²) in [6.45, 7) is 1.91. The largest absolute Gasteiger partial charge is 0.254 e. The van der Waals surface area contributed by atoms with Crippen molar-refractivity contribution in [3.63, 3.8) is 0 Å². The molecule has 0 aliphatic carbocycles. The summed E-state index contributed by atoms with van der Waals surface area (Å²) >= 11 is 15.9. The van der Waals surface area contributed by atoms with Crippen LogP contribution in [0.25, 0.3) is 0 Å². The molecule has 0 radical (unpaired) electrons. The first-order valence-electron chi connectivity index (χ1n) is 7.72. The molecule has 2 aromatic rings. The highest BCUT2D eigenvalue weighted by molar-refractivity contribution is 8.57. The Labute approximate surface area is 182 Å². The molecule has 1 aliphatic rings. The summed E-state index contributed by atoms with van der Waals surface area (Å²) in [4.78, 5) is 5.49. The van der Waals surface area contributed by atoms with Gasteiger partial charge in [-0.15, -0.1) is 0 Å². The lowest BCUT2D eigenvalue weighted by Gasteiger charge is -2.19. The van der Waals surface area contributed by atoms with Crippen molar-refractivity contribution in [3.8, 4) is 0 Å². The maximum Gasteiger partial charge on any atom is 0.198 e. The predicted molar refractivity (Wildman–Crippen MR) is 124 cm³/mol. The normalized spacial score (nSPS) is 13.9. The average molecular weight is 472 g/mol. The van der Waals surface area contributed by atoms with Gasteiger partial charge in [-0.2, -0.15) is 0 Å². The SMILES string of the molecule is Cc1ccc(S(=O)(=O)CN=C2SC(=C(Cl)C(=S)Sc3ccccc3)S2)cc1. The Bertz CT molecular complexity index is 1010. The lowest BCUT2D eigenvalue weighted by atomic mass is 10.2. The third kappa shape index (κ3) is 5.62. The maximum atomic E-state index is 12.3. The molecule has 2 aromatic carbocycles. The highest BCUT2D eigenvalue weighted by atomic mass is 35.5. The molecular weight excluding hydrogens is 458 g/mol. The molecule has 3 rings (SSSR count). The van der Waals surface area contributed by atoms with E-state index in [0.29, 0.717) is 13.6 Å². The second kappa shape index (κ2) is 9.15. The molecule has 0 amide bonds. The average Bonchev–Trinajstić information content (AvgIpc) is 2.61. The third-order valence-electron chi connectivity index (χ3n) is 3.42. The fourth-order valence-corrected chi connectivity index (χ4v) is 6.56. The van der Waals surface area contributed by atoms with Crippen LogP contribution in [0.1, 0.15) is 5.56 Å². The number of thioether (sulfide) groups is 3. The number of hydrogen-bond acceptors (Lipinski definition) is 7. The highest BCUT2D eigenvalue weighted by Gasteiger charge is 2.26. The summed E-state index contributed by atoms with van der Waals surface area (Å²) in [5.74, 6) is -0.278. The molecule has 1 fully saturated rings. The first kappa shape index (κ1) is 21.0. The van der Waals surface area contributed by atoms with Crippen molar-refractivity contribution < 1.29 is 8.42 Å². The van der Waals surface area contributed by atoms with E-state index in [0.717, 1.165) is 14.7 Å². The molecule has 1 heterocycles. The number of thiocarbonyl (C=S) groups is 1. The monoisotopic (exact) mass is 471 g/mol. The second-order valence-electron chi connectivity index (χ2n) is 5.49. The van der Waals surface area contributed by atoms with E-state index in [9.17, 15) is 8.42 Å². The number of benzene rings is 2. The summed E-state index contributed by atoms with van der Waals surface area (Å²) in [7, 11) is -3.44. The van der Waals surface area contributed by atoms with Crippen molar-refractivity contribution >= 4 is 77.5 Å². The standard InChI is InChI=1S/C18H14ClNO2S5/c1-12-7-9-14(10-8-12)27(21,22)11-20-18-25-17(26-18)15(19)16(23)24-13-5-3-2-4-6-13/h2-10H,11H2,1H3. The van der Waals surface area contributed by atoms with Gasteiger partial charge in [0.2, 0.25) is 0 Å². The quantitative estimate of drug-likeness (QED) is 0.298. The van der Waals surface area contributed by atoms with Crippen molar-refractivity contribution in [1.29, 1.82) is 0 Å². The summed E-state index contributed by atoms with van der Waals surface area (Å²) < 4.78 is 26.8. The van der Waals surface area contributed by atoms with Gasteiger partial charge < -0.3 is 0 Å². The van der Waals surface area contributed by atoms with Crippen LogP contribution in [0.4, 0.5) is 0 Å². The van der Waals surface area contributed by atoms with Gasteiger partial charge in [-0.25, -0.2) is 8.42 Å². The zero-order valence-corrected chi connectivity index (χ0v) is 18.9. The van der Waals surface area contributed by atoms with Gasteiger partial charge in [0.1, 0.15) is 10.3 Å². The minimum Gasteiger partial charge on any atom is -0.254 e. The fraction of sp³-hybridized carbons (Fsp3) is 0.111. The number of halogens is 1. The fourth-order valence-electron chi connectivity index (χ4n) is 2.00. The maximum absolute atomic E-state index is 12.3. The van der Waals surface area contributed by atoms with Gasteiger partial charge in [-0.3, -0.25) is 4.99 Å². The molecule has 0 aromatic heterocycles. The van der Waals surface area contributed by atoms with Crippen LogP contribution >= 0.6 is 59.1 Å². The molecule has 0 saturated carbocycles. The number of aliphatic imine (C=N–C) groups is 1. The number of hydrogen-bond donors (Lipinski definition) is 0. The molecule has 0 unspecified atom stereocenters. The smallest absolute Gasteiger partial charge is 0.198 e. The van der Waals surface area contributed by atoms with E-state index in [-0.39, 0.29) is 10.8 Å². The lowest BCUT2D eigenvalue weighted by molar-refractivity contribution is 0.596. The van der Waals surface area contributed by atoms with E-state index < -0.39 is 9.84 Å². The van der Waals surface area contributed by atoms with E-state index in [1.807, 2.05) is 37.3 Å². The van der Waals surface area contributed by atoms with Crippen LogP contribution in [0.3, 0.4) is 0 Å². The van der Waals surface area contributed by atoms with E-state index >= 15 is 0 Å². The Kier molecular flexibility index (Phi) is 7.10. The van der Waals surface area contributed by atoms with Gasteiger partial charge in [0.05, 0.1) is 18.4 Å². The molecule has 1 saturated heterocycles. The van der Waals surface area contributed by atoms with Gasteiger partial charge in [0, 0.05) is 4.90 Å². The van der Waals surface area contributed by atoms with Gasteiger partial charge in [-0.1, -0.05) is 95.0 Å². The van der Waals surface area contributed by atoms with Crippen LogP contribution in [0.15, 0.2) is 78.7 Å². The van der Waals surface area contributed by atoms with Gasteiger partial charge in [0.25, 0.3) is 0 Å². The Hall–Kier alpha value is -0.770. The molecule has 9 heteroatoms. The van der Waals surface area contributed by atoms with Gasteiger partial charge in [0.15, 0.2) is 9.84 Å². The molecule has 140 valence electrons. The molecule has 1 aliphatic heterocycles. The van der Waals surface area contributed by atoms with Crippen LogP contribution in [0, 0.1) is 6.92 Å². The Morgan fingerprint density at radius 3 is 2.37 bits per heavy atom. The van der Waals surface area contributed by atoms with Gasteiger partial charge >= 0.3 is 0 Å². The molecule has 0 atom stereocenters. The van der Waals surface area contributed by atoms with Crippen LogP contribution in [0.5, 0.6) is 0 Å². The topological polar surface area (TPSA) is 46.5 Å². The Balaban J connectivity index is 1.60. The Morgan fingerprint density at radius 1 is 1.11 bits per heavy atom. The van der Waals surface area contributed by atoms with Crippen molar-refractivity contribution in [2.45, 2.75) is 16.7 Å². The van der Waals surface area contributed by atoms with Crippen molar-refractivity contribution in [2.75, 3.05) is 5.88 Å². The zero-order chi connectivity index (χ0) is 19.4. The first-order valence-corrected chi connectivity index (χ1v) is 12.6. The number of nitrogens with zero attached hydrogens (tertiary/aromatic N) is 1. The molecule has 27 heavy (non-hydrogen) atoms. The number of aryl methyl sites for hydroxylation is 1. The minimum atomic E-state index is -3.44. The molecular formula is C18H14ClNO2S5. The Morgan fingerprint density at radius 2 is 1.74 bits per heavy atom. The van der Waals surface area contributed by atoms with Gasteiger partial charge in [-0.05, 0) is 31.2 Å². The molecule has 0 N–H and O–H groups in total. The van der Waals surface area contributed by atoms with Crippen LogP contribution in [-0.4, -0.2) is 22.9 Å². The van der Waals surface area contributed by atoms with E-state index in [1.165, 1.54) is 35.3 Å². The summed E-state index contributed by atoms with van der Waals surface area (Å²) in [6, 6.07) is 16.5. The first-order chi connectivity index (χ1) is 12.8. The highest BCUT2D eigenvalue weighted by Crippen LogP contribution is 2.50. The van der Waals surface area contributed by atoms with Crippen LogP contribution in [-0.2, 0) is 9.84 Å². The molecule has 3 nitrogen and oxygen atoms in total. The van der Waals surface area contributed by atoms with Crippen molar-refractivity contribution in [2.24, 2.45) is 4.99 Å². The number of rotatable bonds is 5. The van der Waals surface area contributed by atoms with Crippen molar-refractivity contribution in [3.05, 3.63) is 69.4 Å². The zero-order valence-electron chi connectivity index (χ0n) is 14.1. The van der Waals surface area contributed by atoms with E-state index in [2.05, 4.69) is 4.99 Å². The lowest BCUT2D eigenvalue weighted by Crippen LogP contribution is -2.09. The second-order valence-corrected chi connectivity index (χ2v) is 12.1. The number of sulfone groups is 1. The predicted octanol–water partition coefficient (Wildman–Crippen LogP) is 6.09. The van der Waals surface area contributed by atoms with Crippen LogP contribution < -0.4 is 0 Å². The molecule has 0 spiro atoms. The van der Waals surface area contributed by atoms with Crippen LogP contribution in [0.2, 0.25) is 0 Å². The van der Waals surface area contributed by atoms with E-state index in [4.69, 9.17) is 23.8 Å². The minimum absolute atomic E-state index is 0.278. The summed E-state index contributed by atoms with van der Waals surface area (Å²) in [6.07, 6.45) is 0. The summed E-state index contributed by atoms with van der Waals surface area (Å²) in [5.41, 5.74) is 1.01.